The van der Waals surface area contributed by atoms with Crippen molar-refractivity contribution in [3.63, 3.8) is 0 Å². The van der Waals surface area contributed by atoms with Gasteiger partial charge in [-0.05, 0) is 48.7 Å². The zero-order valence-electron chi connectivity index (χ0n) is 10.4. The van der Waals surface area contributed by atoms with Crippen molar-refractivity contribution < 1.29 is 4.74 Å². The highest BCUT2D eigenvalue weighted by Crippen LogP contribution is 2.30. The van der Waals surface area contributed by atoms with Gasteiger partial charge in [-0.3, -0.25) is 4.98 Å². The number of benzene rings is 1. The molecule has 3 nitrogen and oxygen atoms in total. The molecular formula is C15H16N2O. The molecule has 0 saturated carbocycles. The summed E-state index contributed by atoms with van der Waals surface area (Å²) < 4.78 is 5.16. The fourth-order valence-electron chi connectivity index (χ4n) is 2.42. The summed E-state index contributed by atoms with van der Waals surface area (Å²) in [5, 5.41) is 0. The number of hydrogen-bond acceptors (Lipinski definition) is 3. The van der Waals surface area contributed by atoms with Crippen molar-refractivity contribution in [2.75, 3.05) is 7.11 Å². The molecule has 3 heteroatoms. The van der Waals surface area contributed by atoms with Crippen LogP contribution in [0.2, 0.25) is 0 Å². The zero-order valence-corrected chi connectivity index (χ0v) is 10.4. The first-order valence-electron chi connectivity index (χ1n) is 6.18. The van der Waals surface area contributed by atoms with Crippen LogP contribution in [0.5, 0.6) is 5.75 Å². The van der Waals surface area contributed by atoms with Crippen molar-refractivity contribution in [3.05, 3.63) is 47.7 Å². The summed E-state index contributed by atoms with van der Waals surface area (Å²) in [6.45, 7) is 0. The van der Waals surface area contributed by atoms with Crippen molar-refractivity contribution in [1.29, 1.82) is 0 Å². The first kappa shape index (κ1) is 11.2. The molecule has 0 radical (unpaired) electrons. The molecule has 1 unspecified atom stereocenters. The van der Waals surface area contributed by atoms with Crippen LogP contribution in [-0.4, -0.2) is 12.1 Å². The van der Waals surface area contributed by atoms with E-state index in [9.17, 15) is 0 Å². The van der Waals surface area contributed by atoms with Gasteiger partial charge in [0.25, 0.3) is 0 Å². The largest absolute Gasteiger partial charge is 0.497 e. The predicted molar refractivity (Wildman–Crippen MR) is 71.5 cm³/mol. The van der Waals surface area contributed by atoms with Gasteiger partial charge in [0.05, 0.1) is 12.8 Å². The molecule has 0 amide bonds. The average molecular weight is 240 g/mol. The number of aryl methyl sites for hydroxylation is 1. The van der Waals surface area contributed by atoms with E-state index in [1.54, 1.807) is 7.11 Å². The number of nitrogens with two attached hydrogens (primary N) is 1. The monoisotopic (exact) mass is 240 g/mol. The quantitative estimate of drug-likeness (QED) is 0.878. The molecule has 3 rings (SSSR count). The van der Waals surface area contributed by atoms with Crippen molar-refractivity contribution in [1.82, 2.24) is 4.98 Å². The third kappa shape index (κ3) is 1.87. The average Bonchev–Trinajstić information content (AvgIpc) is 2.80. The summed E-state index contributed by atoms with van der Waals surface area (Å²) in [5.41, 5.74) is 10.5. The standard InChI is InChI=1S/C15H16N2O/c1-18-11-4-2-10(3-5-11)14-8-6-12-13(16)7-9-15(12)17-14/h2-6,8,13H,7,9,16H2,1H3. The SMILES string of the molecule is COc1ccc(-c2ccc3c(n2)CCC3N)cc1. The second-order valence-corrected chi connectivity index (χ2v) is 4.61. The molecule has 1 aromatic carbocycles. The molecule has 0 fully saturated rings. The van der Waals surface area contributed by atoms with Gasteiger partial charge in [0.15, 0.2) is 0 Å². The molecule has 1 aliphatic rings. The van der Waals surface area contributed by atoms with E-state index in [1.165, 1.54) is 5.56 Å². The summed E-state index contributed by atoms with van der Waals surface area (Å²) in [4.78, 5) is 4.71. The van der Waals surface area contributed by atoms with Gasteiger partial charge in [0.1, 0.15) is 5.75 Å². The molecule has 2 aromatic rings. The van der Waals surface area contributed by atoms with E-state index < -0.39 is 0 Å². The van der Waals surface area contributed by atoms with Gasteiger partial charge in [0, 0.05) is 17.3 Å². The summed E-state index contributed by atoms with van der Waals surface area (Å²) in [5.74, 6) is 0.863. The van der Waals surface area contributed by atoms with Crippen molar-refractivity contribution in [2.45, 2.75) is 18.9 Å². The Labute approximate surface area is 107 Å². The summed E-state index contributed by atoms with van der Waals surface area (Å²) in [6.07, 6.45) is 1.99. The number of nitrogens with zero attached hydrogens (tertiary/aromatic N) is 1. The Balaban J connectivity index is 1.97. The minimum absolute atomic E-state index is 0.164. The zero-order chi connectivity index (χ0) is 12.5. The molecule has 1 aliphatic carbocycles. The van der Waals surface area contributed by atoms with E-state index in [2.05, 4.69) is 6.07 Å². The highest BCUT2D eigenvalue weighted by atomic mass is 16.5. The maximum atomic E-state index is 6.02. The number of hydrogen-bond donors (Lipinski definition) is 1. The predicted octanol–water partition coefficient (Wildman–Crippen LogP) is 2.70. The molecule has 2 N–H and O–H groups in total. The van der Waals surface area contributed by atoms with Gasteiger partial charge >= 0.3 is 0 Å². The molecule has 92 valence electrons. The number of fused-ring (bicyclic) bond motifs is 1. The van der Waals surface area contributed by atoms with Crippen LogP contribution in [0.1, 0.15) is 23.7 Å². The van der Waals surface area contributed by atoms with Crippen LogP contribution in [0.15, 0.2) is 36.4 Å². The Morgan fingerprint density at radius 1 is 1.17 bits per heavy atom. The second-order valence-electron chi connectivity index (χ2n) is 4.61. The van der Waals surface area contributed by atoms with Gasteiger partial charge in [-0.15, -0.1) is 0 Å². The maximum absolute atomic E-state index is 6.02. The second kappa shape index (κ2) is 4.42. The third-order valence-electron chi connectivity index (χ3n) is 3.49. The molecule has 0 spiro atoms. The van der Waals surface area contributed by atoms with Crippen LogP contribution in [0.3, 0.4) is 0 Å². The number of methoxy groups -OCH3 is 1. The number of pyridine rings is 1. The first-order valence-corrected chi connectivity index (χ1v) is 6.18. The van der Waals surface area contributed by atoms with Crippen molar-refractivity contribution >= 4 is 0 Å². The van der Waals surface area contributed by atoms with E-state index >= 15 is 0 Å². The molecule has 1 atom stereocenters. The Morgan fingerprint density at radius 3 is 2.67 bits per heavy atom. The van der Waals surface area contributed by atoms with E-state index in [0.29, 0.717) is 0 Å². The molecule has 1 heterocycles. The number of aromatic nitrogens is 1. The van der Waals surface area contributed by atoms with E-state index in [4.69, 9.17) is 15.5 Å². The highest BCUT2D eigenvalue weighted by molar-refractivity contribution is 5.61. The van der Waals surface area contributed by atoms with E-state index in [0.717, 1.165) is 35.5 Å². The van der Waals surface area contributed by atoms with E-state index in [1.807, 2.05) is 30.3 Å². The Bertz CT molecular complexity index is 563. The van der Waals surface area contributed by atoms with Crippen LogP contribution in [0, 0.1) is 0 Å². The topological polar surface area (TPSA) is 48.1 Å². The molecule has 18 heavy (non-hydrogen) atoms. The fourth-order valence-corrected chi connectivity index (χ4v) is 2.42. The Kier molecular flexibility index (Phi) is 2.76. The van der Waals surface area contributed by atoms with Crippen molar-refractivity contribution in [2.24, 2.45) is 5.73 Å². The minimum atomic E-state index is 0.164. The molecular weight excluding hydrogens is 224 g/mol. The van der Waals surface area contributed by atoms with E-state index in [-0.39, 0.29) is 6.04 Å². The molecule has 0 bridgehead atoms. The van der Waals surface area contributed by atoms with Crippen LogP contribution in [0.4, 0.5) is 0 Å². The lowest BCUT2D eigenvalue weighted by Crippen LogP contribution is -2.05. The van der Waals surface area contributed by atoms with Crippen LogP contribution in [0.25, 0.3) is 11.3 Å². The van der Waals surface area contributed by atoms with Crippen molar-refractivity contribution in [3.8, 4) is 17.0 Å². The molecule has 0 saturated heterocycles. The lowest BCUT2D eigenvalue weighted by atomic mass is 10.1. The number of ether oxygens (including phenoxy) is 1. The first-order chi connectivity index (χ1) is 8.78. The normalized spacial score (nSPS) is 17.6. The third-order valence-corrected chi connectivity index (χ3v) is 3.49. The van der Waals surface area contributed by atoms with Crippen LogP contribution < -0.4 is 10.5 Å². The fraction of sp³-hybridized carbons (Fsp3) is 0.267. The smallest absolute Gasteiger partial charge is 0.118 e. The molecule has 0 aliphatic heterocycles. The Hall–Kier alpha value is -1.87. The molecule has 1 aromatic heterocycles. The highest BCUT2D eigenvalue weighted by Gasteiger charge is 2.20. The van der Waals surface area contributed by atoms with Crippen LogP contribution >= 0.6 is 0 Å². The van der Waals surface area contributed by atoms with Crippen LogP contribution in [-0.2, 0) is 6.42 Å². The minimum Gasteiger partial charge on any atom is -0.497 e. The lowest BCUT2D eigenvalue weighted by Gasteiger charge is -2.07. The summed E-state index contributed by atoms with van der Waals surface area (Å²) >= 11 is 0. The van der Waals surface area contributed by atoms with Gasteiger partial charge in [-0.1, -0.05) is 6.07 Å². The summed E-state index contributed by atoms with van der Waals surface area (Å²) in [6, 6.07) is 12.3. The van der Waals surface area contributed by atoms with Gasteiger partial charge in [-0.2, -0.15) is 0 Å². The van der Waals surface area contributed by atoms with Gasteiger partial charge in [0.2, 0.25) is 0 Å². The maximum Gasteiger partial charge on any atom is 0.118 e. The van der Waals surface area contributed by atoms with Gasteiger partial charge in [-0.25, -0.2) is 0 Å². The lowest BCUT2D eigenvalue weighted by molar-refractivity contribution is 0.415. The Morgan fingerprint density at radius 2 is 1.94 bits per heavy atom. The number of rotatable bonds is 2. The van der Waals surface area contributed by atoms with Gasteiger partial charge < -0.3 is 10.5 Å². The summed E-state index contributed by atoms with van der Waals surface area (Å²) in [7, 11) is 1.67.